The van der Waals surface area contributed by atoms with Crippen molar-refractivity contribution in [1.29, 1.82) is 0 Å². The normalized spacial score (nSPS) is 22.0. The molecule has 3 nitrogen and oxygen atoms in total. The molecule has 0 radical (unpaired) electrons. The van der Waals surface area contributed by atoms with E-state index >= 15 is 0 Å². The molecule has 1 aliphatic carbocycles. The third-order valence-corrected chi connectivity index (χ3v) is 5.64. The number of hydrogen-bond acceptors (Lipinski definition) is 3. The zero-order chi connectivity index (χ0) is 14.5. The predicted molar refractivity (Wildman–Crippen MR) is 78.8 cm³/mol. The first kappa shape index (κ1) is 15.0. The minimum atomic E-state index is -0.317. The molecule has 0 heterocycles. The molecule has 2 atom stereocenters. The molecule has 0 unspecified atom stereocenters. The first-order valence-electron chi connectivity index (χ1n) is 6.62. The molecule has 0 spiro atoms. The molecule has 2 rings (SSSR count). The quantitative estimate of drug-likeness (QED) is 0.477. The summed E-state index contributed by atoms with van der Waals surface area (Å²) in [6, 6.07) is 9.75. The van der Waals surface area contributed by atoms with Crippen molar-refractivity contribution >= 4 is 30.1 Å². The van der Waals surface area contributed by atoms with Crippen LogP contribution in [0.5, 0.6) is 0 Å². The fourth-order valence-corrected chi connectivity index (χ4v) is 4.37. The fraction of sp³-hybridized carbons (Fsp3) is 0.375. The van der Waals surface area contributed by atoms with E-state index in [1.807, 2.05) is 37.3 Å². The van der Waals surface area contributed by atoms with Crippen molar-refractivity contribution < 1.29 is 14.3 Å². The van der Waals surface area contributed by atoms with Gasteiger partial charge in [-0.05, 0) is 0 Å². The number of carbonyl (C=O) groups excluding carboxylic acids is 2. The zero-order valence-corrected chi connectivity index (χ0v) is 13.4. The fourth-order valence-electron chi connectivity index (χ4n) is 2.40. The standard InChI is InChI=1S/C16H18O3Se/c1-11-8-9-13(14(10-11)15(17)19-2)16(18)20-12-6-4-3-5-7-12/h3-8,13-14H,9-10H2,1-2H3/t13-,14-/m0/s1. The third kappa shape index (κ3) is 3.59. The summed E-state index contributed by atoms with van der Waals surface area (Å²) in [5, 5.41) is 0. The average Bonchev–Trinajstić information content (AvgIpc) is 2.47. The van der Waals surface area contributed by atoms with Crippen molar-refractivity contribution in [2.75, 3.05) is 7.11 Å². The third-order valence-electron chi connectivity index (χ3n) is 3.52. The Bertz CT molecular complexity index is 522. The summed E-state index contributed by atoms with van der Waals surface area (Å²) in [6.07, 6.45) is 3.36. The van der Waals surface area contributed by atoms with Crippen molar-refractivity contribution in [3.05, 3.63) is 42.0 Å². The van der Waals surface area contributed by atoms with E-state index in [0.29, 0.717) is 12.8 Å². The molecule has 106 valence electrons. The molecule has 0 saturated heterocycles. The van der Waals surface area contributed by atoms with E-state index in [0.717, 1.165) is 10.0 Å². The molecule has 1 aromatic rings. The molecule has 0 bridgehead atoms. The first-order chi connectivity index (χ1) is 9.61. The topological polar surface area (TPSA) is 43.4 Å². The van der Waals surface area contributed by atoms with Crippen LogP contribution in [0, 0.1) is 11.8 Å². The molecule has 1 aromatic carbocycles. The number of allylic oxidation sites excluding steroid dienone is 2. The number of carbonyl (C=O) groups is 2. The number of rotatable bonds is 4. The molecule has 4 heteroatoms. The minimum absolute atomic E-state index is 0.183. The second-order valence-corrected chi connectivity index (χ2v) is 7.22. The molecule has 0 amide bonds. The Balaban J connectivity index is 2.12. The van der Waals surface area contributed by atoms with E-state index in [1.165, 1.54) is 7.11 Å². The molecule has 0 fully saturated rings. The van der Waals surface area contributed by atoms with Crippen molar-refractivity contribution in [2.24, 2.45) is 11.8 Å². The average molecular weight is 337 g/mol. The maximum atomic E-state index is 12.5. The van der Waals surface area contributed by atoms with Gasteiger partial charge in [0, 0.05) is 0 Å². The predicted octanol–water partition coefficient (Wildman–Crippen LogP) is 1.69. The van der Waals surface area contributed by atoms with Crippen molar-refractivity contribution in [2.45, 2.75) is 19.8 Å². The summed E-state index contributed by atoms with van der Waals surface area (Å²) in [6.45, 7) is 2.00. The number of ether oxygens (including phenoxy) is 1. The molecule has 0 N–H and O–H groups in total. The Morgan fingerprint density at radius 2 is 1.90 bits per heavy atom. The van der Waals surface area contributed by atoms with Gasteiger partial charge in [-0.1, -0.05) is 0 Å². The first-order valence-corrected chi connectivity index (χ1v) is 8.33. The Labute approximate surface area is 125 Å². The van der Waals surface area contributed by atoms with Crippen LogP contribution >= 0.6 is 0 Å². The Morgan fingerprint density at radius 1 is 1.20 bits per heavy atom. The van der Waals surface area contributed by atoms with Gasteiger partial charge in [-0.2, -0.15) is 0 Å². The van der Waals surface area contributed by atoms with Crippen molar-refractivity contribution in [3.63, 3.8) is 0 Å². The van der Waals surface area contributed by atoms with Crippen LogP contribution in [0.25, 0.3) is 0 Å². The molecule has 20 heavy (non-hydrogen) atoms. The second kappa shape index (κ2) is 6.87. The van der Waals surface area contributed by atoms with Crippen LogP contribution in [0.2, 0.25) is 0 Å². The van der Waals surface area contributed by atoms with Gasteiger partial charge in [0.15, 0.2) is 0 Å². The van der Waals surface area contributed by atoms with Crippen LogP contribution in [-0.2, 0) is 14.3 Å². The maximum absolute atomic E-state index is 12.5. The van der Waals surface area contributed by atoms with Gasteiger partial charge in [0.2, 0.25) is 0 Å². The SMILES string of the molecule is COC(=O)[C@H]1CC(C)=CC[C@@H]1C(=O)[Se]c1ccccc1. The summed E-state index contributed by atoms with van der Waals surface area (Å²) < 4.78 is 6.10. The molecule has 1 aliphatic rings. The van der Waals surface area contributed by atoms with Crippen LogP contribution in [-0.4, -0.2) is 32.7 Å². The Kier molecular flexibility index (Phi) is 5.16. The van der Waals surface area contributed by atoms with Crippen LogP contribution in [0.15, 0.2) is 42.0 Å². The Hall–Kier alpha value is -1.38. The van der Waals surface area contributed by atoms with Crippen LogP contribution in [0.4, 0.5) is 0 Å². The van der Waals surface area contributed by atoms with E-state index < -0.39 is 0 Å². The summed E-state index contributed by atoms with van der Waals surface area (Å²) in [7, 11) is 1.39. The van der Waals surface area contributed by atoms with Crippen LogP contribution in [0.3, 0.4) is 0 Å². The van der Waals surface area contributed by atoms with Crippen LogP contribution < -0.4 is 4.46 Å². The van der Waals surface area contributed by atoms with Gasteiger partial charge < -0.3 is 0 Å². The van der Waals surface area contributed by atoms with E-state index in [1.54, 1.807) is 0 Å². The second-order valence-electron chi connectivity index (χ2n) is 4.96. The van der Waals surface area contributed by atoms with Gasteiger partial charge in [-0.15, -0.1) is 0 Å². The summed E-state index contributed by atoms with van der Waals surface area (Å²) in [5.41, 5.74) is 1.16. The van der Waals surface area contributed by atoms with Gasteiger partial charge >= 0.3 is 125 Å². The monoisotopic (exact) mass is 338 g/mol. The van der Waals surface area contributed by atoms with Crippen LogP contribution in [0.1, 0.15) is 19.8 Å². The van der Waals surface area contributed by atoms with E-state index in [9.17, 15) is 9.59 Å². The molecular weight excluding hydrogens is 319 g/mol. The summed E-state index contributed by atoms with van der Waals surface area (Å²) in [5.74, 6) is -0.811. The van der Waals surface area contributed by atoms with Gasteiger partial charge in [0.25, 0.3) is 0 Å². The molecular formula is C16H18O3Se. The van der Waals surface area contributed by atoms with Crippen molar-refractivity contribution in [1.82, 2.24) is 0 Å². The van der Waals surface area contributed by atoms with E-state index in [-0.39, 0.29) is 37.4 Å². The number of esters is 1. The van der Waals surface area contributed by atoms with Gasteiger partial charge in [-0.3, -0.25) is 0 Å². The van der Waals surface area contributed by atoms with Gasteiger partial charge in [0.1, 0.15) is 0 Å². The zero-order valence-electron chi connectivity index (χ0n) is 11.7. The summed E-state index contributed by atoms with van der Waals surface area (Å²) >= 11 is -0.239. The van der Waals surface area contributed by atoms with Crippen molar-refractivity contribution in [3.8, 4) is 0 Å². The van der Waals surface area contributed by atoms with E-state index in [4.69, 9.17) is 4.74 Å². The molecule has 0 aromatic heterocycles. The molecule has 0 aliphatic heterocycles. The number of methoxy groups -OCH3 is 1. The number of benzene rings is 1. The van der Waals surface area contributed by atoms with Gasteiger partial charge in [-0.25, -0.2) is 0 Å². The van der Waals surface area contributed by atoms with Gasteiger partial charge in [0.05, 0.1) is 0 Å². The van der Waals surface area contributed by atoms with E-state index in [2.05, 4.69) is 6.08 Å². The Morgan fingerprint density at radius 3 is 2.55 bits per heavy atom. The summed E-state index contributed by atoms with van der Waals surface area (Å²) in [4.78, 5) is 24.4. The number of hydrogen-bond donors (Lipinski definition) is 0. The molecule has 0 saturated carbocycles.